The van der Waals surface area contributed by atoms with Crippen LogP contribution in [-0.2, 0) is 4.79 Å². The molecule has 1 aromatic carbocycles. The van der Waals surface area contributed by atoms with Gasteiger partial charge in [-0.15, -0.1) is 13.0 Å². The second kappa shape index (κ2) is 7.11. The minimum absolute atomic E-state index is 0.0856. The van der Waals surface area contributed by atoms with E-state index in [4.69, 9.17) is 23.4 Å². The lowest BCUT2D eigenvalue weighted by Gasteiger charge is -2.10. The van der Waals surface area contributed by atoms with Crippen LogP contribution in [0.15, 0.2) is 41.8 Å². The van der Waals surface area contributed by atoms with E-state index in [0.717, 1.165) is 5.56 Å². The predicted octanol–water partition coefficient (Wildman–Crippen LogP) is 3.09. The maximum atomic E-state index is 12.2. The number of rotatable bonds is 5. The Morgan fingerprint density at radius 3 is 2.76 bits per heavy atom. The van der Waals surface area contributed by atoms with Gasteiger partial charge < -0.3 is 4.74 Å². The molecule has 2 rings (SSSR count). The number of benzene rings is 1. The minimum atomic E-state index is -0.0856. The Kier molecular flexibility index (Phi) is 5.20. The lowest BCUT2D eigenvalue weighted by Crippen LogP contribution is -2.27. The largest absolute Gasteiger partial charge is 0.481 e. The maximum absolute atomic E-state index is 12.2. The van der Waals surface area contributed by atoms with Gasteiger partial charge in [0, 0.05) is 6.54 Å². The lowest BCUT2D eigenvalue weighted by molar-refractivity contribution is -0.121. The summed E-state index contributed by atoms with van der Waals surface area (Å²) in [6.45, 7) is 4.29. The van der Waals surface area contributed by atoms with Gasteiger partial charge in [0.1, 0.15) is 16.7 Å². The number of carbonyl (C=O) groups is 1. The van der Waals surface area contributed by atoms with E-state index < -0.39 is 0 Å². The zero-order chi connectivity index (χ0) is 15.2. The first-order valence-electron chi connectivity index (χ1n) is 6.18. The van der Waals surface area contributed by atoms with E-state index in [0.29, 0.717) is 21.5 Å². The van der Waals surface area contributed by atoms with Crippen LogP contribution in [-0.4, -0.2) is 28.3 Å². The van der Waals surface area contributed by atoms with Gasteiger partial charge in [-0.1, -0.05) is 48.1 Å². The third-order valence-corrected chi connectivity index (χ3v) is 4.06. The molecule has 0 N–H and O–H groups in total. The summed E-state index contributed by atoms with van der Waals surface area (Å²) in [5, 5.41) is 0. The van der Waals surface area contributed by atoms with E-state index in [1.54, 1.807) is 6.08 Å². The number of ether oxygens (including phenoxy) is 1. The Balaban J connectivity index is 2.13. The van der Waals surface area contributed by atoms with Crippen molar-refractivity contribution in [2.75, 3.05) is 13.2 Å². The van der Waals surface area contributed by atoms with Crippen LogP contribution in [0.2, 0.25) is 0 Å². The van der Waals surface area contributed by atoms with Crippen LogP contribution in [0.3, 0.4) is 0 Å². The SMILES string of the molecule is C#CCOc1ccc(C=C2SC(=S)N(CC=C)C2=O)cc1. The van der Waals surface area contributed by atoms with E-state index in [1.165, 1.54) is 16.7 Å². The number of hydrogen-bond acceptors (Lipinski definition) is 4. The molecular weight excluding hydrogens is 302 g/mol. The van der Waals surface area contributed by atoms with Gasteiger partial charge in [-0.25, -0.2) is 0 Å². The molecule has 0 unspecified atom stereocenters. The molecule has 3 nitrogen and oxygen atoms in total. The molecule has 1 fully saturated rings. The highest BCUT2D eigenvalue weighted by atomic mass is 32.2. The quantitative estimate of drug-likeness (QED) is 0.361. The molecule has 0 bridgehead atoms. The molecule has 0 atom stereocenters. The zero-order valence-electron chi connectivity index (χ0n) is 11.2. The average Bonchev–Trinajstić information content (AvgIpc) is 2.75. The topological polar surface area (TPSA) is 29.5 Å². The van der Waals surface area contributed by atoms with Crippen molar-refractivity contribution in [3.63, 3.8) is 0 Å². The molecule has 1 aliphatic rings. The molecule has 0 saturated carbocycles. The molecule has 0 aromatic heterocycles. The van der Waals surface area contributed by atoms with Gasteiger partial charge in [0.25, 0.3) is 5.91 Å². The first kappa shape index (κ1) is 15.4. The van der Waals surface area contributed by atoms with Crippen molar-refractivity contribution in [3.05, 3.63) is 47.4 Å². The summed E-state index contributed by atoms with van der Waals surface area (Å²) in [5.74, 6) is 3.02. The Hall–Kier alpha value is -2.03. The highest BCUT2D eigenvalue weighted by Crippen LogP contribution is 2.32. The Bertz CT molecular complexity index is 641. The number of thioether (sulfide) groups is 1. The molecule has 1 saturated heterocycles. The molecule has 0 spiro atoms. The van der Waals surface area contributed by atoms with Crippen LogP contribution in [0.1, 0.15) is 5.56 Å². The summed E-state index contributed by atoms with van der Waals surface area (Å²) in [6, 6.07) is 7.36. The molecule has 1 amide bonds. The van der Waals surface area contributed by atoms with E-state index in [2.05, 4.69) is 12.5 Å². The molecule has 5 heteroatoms. The summed E-state index contributed by atoms with van der Waals surface area (Å²) in [4.78, 5) is 14.3. The molecule has 1 aliphatic heterocycles. The van der Waals surface area contributed by atoms with Gasteiger partial charge >= 0.3 is 0 Å². The molecule has 106 valence electrons. The molecular formula is C16H13NO2S2. The second-order valence-electron chi connectivity index (χ2n) is 4.14. The van der Waals surface area contributed by atoms with Gasteiger partial charge in [-0.3, -0.25) is 9.69 Å². The number of amides is 1. The van der Waals surface area contributed by atoms with E-state index in [1.807, 2.05) is 30.3 Å². The first-order chi connectivity index (χ1) is 10.2. The second-order valence-corrected chi connectivity index (χ2v) is 5.82. The number of terminal acetylenes is 1. The predicted molar refractivity (Wildman–Crippen MR) is 90.8 cm³/mol. The average molecular weight is 315 g/mol. The van der Waals surface area contributed by atoms with Crippen molar-refractivity contribution >= 4 is 40.3 Å². The molecule has 21 heavy (non-hydrogen) atoms. The highest BCUT2D eigenvalue weighted by molar-refractivity contribution is 8.26. The van der Waals surface area contributed by atoms with Crippen molar-refractivity contribution in [2.45, 2.75) is 0 Å². The van der Waals surface area contributed by atoms with Gasteiger partial charge in [0.05, 0.1) is 4.91 Å². The summed E-state index contributed by atoms with van der Waals surface area (Å²) < 4.78 is 5.85. The minimum Gasteiger partial charge on any atom is -0.481 e. The Morgan fingerprint density at radius 1 is 1.43 bits per heavy atom. The van der Waals surface area contributed by atoms with Gasteiger partial charge in [0.2, 0.25) is 0 Å². The van der Waals surface area contributed by atoms with Crippen LogP contribution in [0.5, 0.6) is 5.75 Å². The zero-order valence-corrected chi connectivity index (χ0v) is 12.9. The van der Waals surface area contributed by atoms with Crippen molar-refractivity contribution in [1.29, 1.82) is 0 Å². The smallest absolute Gasteiger partial charge is 0.266 e. The van der Waals surface area contributed by atoms with Crippen molar-refractivity contribution in [3.8, 4) is 18.1 Å². The van der Waals surface area contributed by atoms with Crippen molar-refractivity contribution < 1.29 is 9.53 Å². The fraction of sp³-hybridized carbons (Fsp3) is 0.125. The fourth-order valence-electron chi connectivity index (χ4n) is 1.72. The third-order valence-electron chi connectivity index (χ3n) is 2.69. The normalized spacial score (nSPS) is 16.1. The molecule has 1 heterocycles. The number of thiocarbonyl (C=S) groups is 1. The van der Waals surface area contributed by atoms with Crippen LogP contribution < -0.4 is 4.74 Å². The van der Waals surface area contributed by atoms with Crippen LogP contribution in [0.25, 0.3) is 6.08 Å². The maximum Gasteiger partial charge on any atom is 0.266 e. The summed E-state index contributed by atoms with van der Waals surface area (Å²) in [5.41, 5.74) is 0.905. The monoisotopic (exact) mass is 315 g/mol. The summed E-state index contributed by atoms with van der Waals surface area (Å²) in [7, 11) is 0. The van der Waals surface area contributed by atoms with Gasteiger partial charge in [0.15, 0.2) is 0 Å². The third kappa shape index (κ3) is 3.75. The summed E-state index contributed by atoms with van der Waals surface area (Å²) in [6.07, 6.45) is 8.60. The molecule has 0 aliphatic carbocycles. The van der Waals surface area contributed by atoms with E-state index in [-0.39, 0.29) is 12.5 Å². The van der Waals surface area contributed by atoms with Crippen molar-refractivity contribution in [2.24, 2.45) is 0 Å². The first-order valence-corrected chi connectivity index (χ1v) is 7.40. The van der Waals surface area contributed by atoms with Gasteiger partial charge in [-0.2, -0.15) is 0 Å². The standard InChI is InChI=1S/C16H13NO2S2/c1-3-9-17-15(18)14(21-16(17)20)11-12-5-7-13(8-6-12)19-10-4-2/h2-3,5-8,11H,1,9-10H2. The Morgan fingerprint density at radius 2 is 2.14 bits per heavy atom. The van der Waals surface area contributed by atoms with Gasteiger partial charge in [-0.05, 0) is 23.8 Å². The van der Waals surface area contributed by atoms with Crippen LogP contribution in [0, 0.1) is 12.3 Å². The Labute approximate surface area is 133 Å². The molecule has 0 radical (unpaired) electrons. The summed E-state index contributed by atoms with van der Waals surface area (Å²) >= 11 is 6.48. The number of nitrogens with zero attached hydrogens (tertiary/aromatic N) is 1. The van der Waals surface area contributed by atoms with Crippen molar-refractivity contribution in [1.82, 2.24) is 4.90 Å². The van der Waals surface area contributed by atoms with Crippen LogP contribution in [0.4, 0.5) is 0 Å². The van der Waals surface area contributed by atoms with E-state index >= 15 is 0 Å². The van der Waals surface area contributed by atoms with E-state index in [9.17, 15) is 4.79 Å². The highest BCUT2D eigenvalue weighted by Gasteiger charge is 2.30. The molecule has 1 aromatic rings. The number of hydrogen-bond donors (Lipinski definition) is 0. The number of carbonyl (C=O) groups excluding carboxylic acids is 1. The van der Waals surface area contributed by atoms with Crippen LogP contribution >= 0.6 is 24.0 Å². The lowest BCUT2D eigenvalue weighted by atomic mass is 10.2. The fourth-order valence-corrected chi connectivity index (χ4v) is 3.00.